The lowest BCUT2D eigenvalue weighted by Gasteiger charge is -2.09. The van der Waals surface area contributed by atoms with Gasteiger partial charge in [0.15, 0.2) is 0 Å². The van der Waals surface area contributed by atoms with Gasteiger partial charge < -0.3 is 15.8 Å². The van der Waals surface area contributed by atoms with Crippen LogP contribution in [0.2, 0.25) is 5.02 Å². The van der Waals surface area contributed by atoms with Crippen molar-refractivity contribution in [2.75, 3.05) is 12.3 Å². The van der Waals surface area contributed by atoms with Crippen molar-refractivity contribution in [3.05, 3.63) is 28.8 Å². The highest BCUT2D eigenvalue weighted by atomic mass is 35.5. The Hall–Kier alpha value is -1.75. The summed E-state index contributed by atoms with van der Waals surface area (Å²) in [7, 11) is 0. The van der Waals surface area contributed by atoms with E-state index in [9.17, 15) is 9.59 Å². The summed E-state index contributed by atoms with van der Waals surface area (Å²) in [5, 5.41) is 2.94. The fraction of sp³-hybridized carbons (Fsp3) is 0.385. The second-order valence-corrected chi connectivity index (χ2v) is 4.75. The Morgan fingerprint density at radius 3 is 2.68 bits per heavy atom. The summed E-state index contributed by atoms with van der Waals surface area (Å²) in [5.74, 6) is -0.728. The maximum absolute atomic E-state index is 11.7. The molecule has 0 atom stereocenters. The van der Waals surface area contributed by atoms with Crippen LogP contribution in [0.3, 0.4) is 0 Å². The molecule has 1 aromatic carbocycles. The van der Waals surface area contributed by atoms with Crippen LogP contribution in [-0.4, -0.2) is 24.5 Å². The number of carbonyl (C=O) groups is 2. The first-order valence-corrected chi connectivity index (χ1v) is 6.29. The zero-order chi connectivity index (χ0) is 14.4. The lowest BCUT2D eigenvalue weighted by atomic mass is 10.2. The second-order valence-electron chi connectivity index (χ2n) is 4.35. The van der Waals surface area contributed by atoms with Crippen molar-refractivity contribution >= 4 is 29.2 Å². The van der Waals surface area contributed by atoms with E-state index in [1.165, 1.54) is 12.1 Å². The summed E-state index contributed by atoms with van der Waals surface area (Å²) >= 11 is 5.87. The number of amides is 1. The number of halogens is 1. The SMILES string of the molecule is CC(C)NC(=O)CCOC(=O)c1ccc(N)cc1Cl. The van der Waals surface area contributed by atoms with Gasteiger partial charge in [0.05, 0.1) is 17.0 Å². The van der Waals surface area contributed by atoms with Gasteiger partial charge in [0.2, 0.25) is 5.91 Å². The van der Waals surface area contributed by atoms with Crippen LogP contribution >= 0.6 is 11.6 Å². The average molecular weight is 285 g/mol. The number of ether oxygens (including phenoxy) is 1. The highest BCUT2D eigenvalue weighted by molar-refractivity contribution is 6.33. The van der Waals surface area contributed by atoms with Gasteiger partial charge in [-0.3, -0.25) is 4.79 Å². The molecule has 6 heteroatoms. The van der Waals surface area contributed by atoms with Gasteiger partial charge in [0, 0.05) is 11.7 Å². The Balaban J connectivity index is 2.45. The molecule has 3 N–H and O–H groups in total. The minimum Gasteiger partial charge on any atom is -0.462 e. The number of rotatable bonds is 5. The first kappa shape index (κ1) is 15.3. The minimum atomic E-state index is -0.567. The smallest absolute Gasteiger partial charge is 0.339 e. The molecule has 1 amide bonds. The summed E-state index contributed by atoms with van der Waals surface area (Å²) in [5.41, 5.74) is 6.23. The molecule has 1 aromatic rings. The van der Waals surface area contributed by atoms with E-state index in [0.29, 0.717) is 5.69 Å². The molecule has 0 aliphatic rings. The predicted molar refractivity (Wildman–Crippen MR) is 74.0 cm³/mol. The van der Waals surface area contributed by atoms with E-state index >= 15 is 0 Å². The van der Waals surface area contributed by atoms with Crippen LogP contribution < -0.4 is 11.1 Å². The zero-order valence-corrected chi connectivity index (χ0v) is 11.7. The number of anilines is 1. The van der Waals surface area contributed by atoms with Gasteiger partial charge in [-0.1, -0.05) is 11.6 Å². The van der Waals surface area contributed by atoms with Gasteiger partial charge in [0.1, 0.15) is 6.61 Å². The van der Waals surface area contributed by atoms with Crippen LogP contribution in [0.25, 0.3) is 0 Å². The van der Waals surface area contributed by atoms with Gasteiger partial charge >= 0.3 is 5.97 Å². The van der Waals surface area contributed by atoms with E-state index in [-0.39, 0.29) is 35.6 Å². The third-order valence-electron chi connectivity index (χ3n) is 2.22. The molecule has 0 unspecified atom stereocenters. The molecular formula is C13H17ClN2O3. The second kappa shape index (κ2) is 6.99. The van der Waals surface area contributed by atoms with Crippen molar-refractivity contribution in [1.29, 1.82) is 0 Å². The largest absolute Gasteiger partial charge is 0.462 e. The number of nitrogens with one attached hydrogen (secondary N) is 1. The molecule has 5 nitrogen and oxygen atoms in total. The van der Waals surface area contributed by atoms with Gasteiger partial charge in [-0.15, -0.1) is 0 Å². The summed E-state index contributed by atoms with van der Waals surface area (Å²) in [6.07, 6.45) is 0.122. The molecule has 104 valence electrons. The molecule has 0 aromatic heterocycles. The summed E-state index contributed by atoms with van der Waals surface area (Å²) < 4.78 is 4.98. The van der Waals surface area contributed by atoms with Crippen LogP contribution in [0.5, 0.6) is 0 Å². The van der Waals surface area contributed by atoms with E-state index in [1.807, 2.05) is 13.8 Å². The third kappa shape index (κ3) is 5.18. The standard InChI is InChI=1S/C13H17ClN2O3/c1-8(2)16-12(17)5-6-19-13(18)10-4-3-9(15)7-11(10)14/h3-4,7-8H,5-6,15H2,1-2H3,(H,16,17). The summed E-state index contributed by atoms with van der Waals surface area (Å²) in [6.45, 7) is 3.73. The molecule has 0 aliphatic carbocycles. The van der Waals surface area contributed by atoms with Crippen molar-refractivity contribution < 1.29 is 14.3 Å². The number of hydrogen-bond donors (Lipinski definition) is 2. The van der Waals surface area contributed by atoms with Gasteiger partial charge in [-0.2, -0.15) is 0 Å². The fourth-order valence-corrected chi connectivity index (χ4v) is 1.67. The molecule has 1 rings (SSSR count). The topological polar surface area (TPSA) is 81.4 Å². The maximum atomic E-state index is 11.7. The molecule has 19 heavy (non-hydrogen) atoms. The number of esters is 1. The molecular weight excluding hydrogens is 268 g/mol. The molecule has 0 aliphatic heterocycles. The molecule has 0 heterocycles. The van der Waals surface area contributed by atoms with Crippen LogP contribution in [-0.2, 0) is 9.53 Å². The van der Waals surface area contributed by atoms with Crippen molar-refractivity contribution in [1.82, 2.24) is 5.32 Å². The molecule has 0 saturated heterocycles. The molecule has 0 fully saturated rings. The Kier molecular flexibility index (Phi) is 5.63. The number of nitrogens with two attached hydrogens (primary N) is 1. The molecule has 0 saturated carbocycles. The van der Waals surface area contributed by atoms with E-state index < -0.39 is 5.97 Å². The number of benzene rings is 1. The van der Waals surface area contributed by atoms with Crippen molar-refractivity contribution in [2.45, 2.75) is 26.3 Å². The third-order valence-corrected chi connectivity index (χ3v) is 2.54. The maximum Gasteiger partial charge on any atom is 0.339 e. The lowest BCUT2D eigenvalue weighted by molar-refractivity contribution is -0.122. The summed E-state index contributed by atoms with van der Waals surface area (Å²) in [6, 6.07) is 4.60. The van der Waals surface area contributed by atoms with Crippen LogP contribution in [0.1, 0.15) is 30.6 Å². The zero-order valence-electron chi connectivity index (χ0n) is 10.9. The Bertz CT molecular complexity index is 475. The Morgan fingerprint density at radius 2 is 2.11 bits per heavy atom. The quantitative estimate of drug-likeness (QED) is 0.640. The first-order valence-electron chi connectivity index (χ1n) is 5.91. The lowest BCUT2D eigenvalue weighted by Crippen LogP contribution is -2.31. The van der Waals surface area contributed by atoms with Gasteiger partial charge in [-0.05, 0) is 32.0 Å². The normalized spacial score (nSPS) is 10.3. The van der Waals surface area contributed by atoms with E-state index in [2.05, 4.69) is 5.32 Å². The molecule has 0 spiro atoms. The van der Waals surface area contributed by atoms with E-state index in [4.69, 9.17) is 22.1 Å². The van der Waals surface area contributed by atoms with Crippen LogP contribution in [0.4, 0.5) is 5.69 Å². The highest BCUT2D eigenvalue weighted by Gasteiger charge is 2.12. The molecule has 0 bridgehead atoms. The van der Waals surface area contributed by atoms with Crippen molar-refractivity contribution in [3.8, 4) is 0 Å². The number of nitrogen functional groups attached to an aromatic ring is 1. The van der Waals surface area contributed by atoms with Crippen LogP contribution in [0, 0.1) is 0 Å². The van der Waals surface area contributed by atoms with Gasteiger partial charge in [0.25, 0.3) is 0 Å². The monoisotopic (exact) mass is 284 g/mol. The van der Waals surface area contributed by atoms with Crippen molar-refractivity contribution in [2.24, 2.45) is 0 Å². The molecule has 0 radical (unpaired) electrons. The highest BCUT2D eigenvalue weighted by Crippen LogP contribution is 2.19. The van der Waals surface area contributed by atoms with Gasteiger partial charge in [-0.25, -0.2) is 4.79 Å². The Labute approximate surface area is 117 Å². The van der Waals surface area contributed by atoms with E-state index in [0.717, 1.165) is 0 Å². The minimum absolute atomic E-state index is 0.0120. The number of hydrogen-bond acceptors (Lipinski definition) is 4. The average Bonchev–Trinajstić information content (AvgIpc) is 2.27. The Morgan fingerprint density at radius 1 is 1.42 bits per heavy atom. The predicted octanol–water partition coefficient (Wildman–Crippen LogP) is 1.99. The van der Waals surface area contributed by atoms with Crippen LogP contribution in [0.15, 0.2) is 18.2 Å². The van der Waals surface area contributed by atoms with E-state index in [1.54, 1.807) is 6.07 Å². The first-order chi connectivity index (χ1) is 8.90. The summed E-state index contributed by atoms with van der Waals surface area (Å²) in [4.78, 5) is 23.0. The fourth-order valence-electron chi connectivity index (χ4n) is 1.41. The van der Waals surface area contributed by atoms with Crippen molar-refractivity contribution in [3.63, 3.8) is 0 Å². The number of carbonyl (C=O) groups excluding carboxylic acids is 2.